The lowest BCUT2D eigenvalue weighted by Gasteiger charge is -2.29. The van der Waals surface area contributed by atoms with Gasteiger partial charge in [0.25, 0.3) is 0 Å². The zero-order valence-electron chi connectivity index (χ0n) is 24.0. The predicted molar refractivity (Wildman–Crippen MR) is 163 cm³/mol. The van der Waals surface area contributed by atoms with E-state index in [0.717, 1.165) is 73.1 Å². The van der Waals surface area contributed by atoms with E-state index >= 15 is 0 Å². The number of unbranched alkanes of at least 4 members (excludes halogenated alkanes) is 1. The van der Waals surface area contributed by atoms with Gasteiger partial charge in [-0.1, -0.05) is 69.7 Å². The van der Waals surface area contributed by atoms with Crippen LogP contribution >= 0.6 is 0 Å². The van der Waals surface area contributed by atoms with Crippen LogP contribution in [0.2, 0.25) is 0 Å². The highest BCUT2D eigenvalue weighted by Crippen LogP contribution is 2.33. The minimum Gasteiger partial charge on any atom is -0.397 e. The summed E-state index contributed by atoms with van der Waals surface area (Å²) in [7, 11) is 0. The molecule has 4 rings (SSSR count). The Morgan fingerprint density at radius 2 is 1.67 bits per heavy atom. The highest BCUT2D eigenvalue weighted by atomic mass is 16.3. The number of aromatic nitrogens is 3. The van der Waals surface area contributed by atoms with Crippen LogP contribution < -0.4 is 16.4 Å². The Labute approximate surface area is 232 Å². The van der Waals surface area contributed by atoms with E-state index in [1.165, 1.54) is 11.1 Å². The molecule has 2 heterocycles. The maximum Gasteiger partial charge on any atom is 0.222 e. The Balaban J connectivity index is 0.00000134. The van der Waals surface area contributed by atoms with Gasteiger partial charge in [-0.2, -0.15) is 4.98 Å². The molecular formula is C31H46N6O2. The van der Waals surface area contributed by atoms with Crippen LogP contribution in [-0.4, -0.2) is 51.1 Å². The molecule has 212 valence electrons. The standard InChI is InChI=1S/C29H40N6O.C2H6O/c1-4-7-15-32-27-26-25(33-28(30)34-27)23-13-8-9-14-24(23)35(26)18-22-12-10-11-21(16-22)17-31-19-29(5-2,6-3)20-36;1-2-3/h8-14,16,31,36H,4-7,15,17-20H2,1-3H3,(H3,30,32,33,34);3H,2H2,1H3. The molecular weight excluding hydrogens is 488 g/mol. The highest BCUT2D eigenvalue weighted by molar-refractivity contribution is 6.09. The van der Waals surface area contributed by atoms with Crippen LogP contribution in [0.25, 0.3) is 21.9 Å². The number of fused-ring (bicyclic) bond motifs is 3. The van der Waals surface area contributed by atoms with Gasteiger partial charge in [0, 0.05) is 50.2 Å². The van der Waals surface area contributed by atoms with Gasteiger partial charge in [0.2, 0.25) is 5.95 Å². The second kappa shape index (κ2) is 14.8. The van der Waals surface area contributed by atoms with Crippen molar-refractivity contribution in [2.75, 3.05) is 37.4 Å². The van der Waals surface area contributed by atoms with Crippen LogP contribution in [0.3, 0.4) is 0 Å². The van der Waals surface area contributed by atoms with E-state index in [1.807, 2.05) is 6.07 Å². The summed E-state index contributed by atoms with van der Waals surface area (Å²) in [6.45, 7) is 11.7. The molecule has 0 atom stereocenters. The maximum atomic E-state index is 9.88. The molecule has 0 aliphatic carbocycles. The first-order valence-electron chi connectivity index (χ1n) is 14.2. The van der Waals surface area contributed by atoms with Gasteiger partial charge in [0.15, 0.2) is 5.82 Å². The van der Waals surface area contributed by atoms with E-state index < -0.39 is 0 Å². The average molecular weight is 535 g/mol. The molecule has 0 aliphatic rings. The summed E-state index contributed by atoms with van der Waals surface area (Å²) in [5, 5.41) is 25.6. The molecule has 0 saturated carbocycles. The summed E-state index contributed by atoms with van der Waals surface area (Å²) in [5.74, 6) is 1.08. The second-order valence-electron chi connectivity index (χ2n) is 10.1. The number of benzene rings is 2. The molecule has 2 aromatic carbocycles. The van der Waals surface area contributed by atoms with E-state index in [4.69, 9.17) is 10.8 Å². The van der Waals surface area contributed by atoms with Crippen LogP contribution in [0.1, 0.15) is 64.5 Å². The van der Waals surface area contributed by atoms with Gasteiger partial charge in [-0.3, -0.25) is 0 Å². The molecule has 0 fully saturated rings. The lowest BCUT2D eigenvalue weighted by atomic mass is 9.83. The molecule has 8 nitrogen and oxygen atoms in total. The topological polar surface area (TPSA) is 121 Å². The van der Waals surface area contributed by atoms with Crippen molar-refractivity contribution in [3.63, 3.8) is 0 Å². The van der Waals surface area contributed by atoms with Crippen molar-refractivity contribution in [3.05, 3.63) is 59.7 Å². The fraction of sp³-hybridized carbons (Fsp3) is 0.484. The van der Waals surface area contributed by atoms with Gasteiger partial charge in [-0.25, -0.2) is 4.98 Å². The third-order valence-electron chi connectivity index (χ3n) is 7.44. The Morgan fingerprint density at radius 3 is 2.36 bits per heavy atom. The summed E-state index contributed by atoms with van der Waals surface area (Å²) in [6, 6.07) is 17.0. The number of para-hydroxylation sites is 1. The summed E-state index contributed by atoms with van der Waals surface area (Å²) in [4.78, 5) is 9.22. The Hall–Kier alpha value is -3.20. The molecule has 2 aromatic heterocycles. The van der Waals surface area contributed by atoms with Crippen molar-refractivity contribution in [3.8, 4) is 0 Å². The van der Waals surface area contributed by atoms with E-state index in [9.17, 15) is 5.11 Å². The Morgan fingerprint density at radius 1 is 0.949 bits per heavy atom. The monoisotopic (exact) mass is 534 g/mol. The number of hydrogen-bond acceptors (Lipinski definition) is 7. The number of nitrogens with one attached hydrogen (secondary N) is 2. The number of nitrogens with zero attached hydrogens (tertiary/aromatic N) is 3. The van der Waals surface area contributed by atoms with E-state index in [2.05, 4.69) is 88.4 Å². The highest BCUT2D eigenvalue weighted by Gasteiger charge is 2.24. The van der Waals surface area contributed by atoms with Gasteiger partial charge >= 0.3 is 0 Å². The van der Waals surface area contributed by atoms with Crippen LogP contribution in [0, 0.1) is 5.41 Å². The number of aliphatic hydroxyl groups is 2. The van der Waals surface area contributed by atoms with Crippen molar-refractivity contribution in [1.82, 2.24) is 19.9 Å². The molecule has 0 unspecified atom stereocenters. The van der Waals surface area contributed by atoms with Crippen molar-refractivity contribution in [1.29, 1.82) is 0 Å². The van der Waals surface area contributed by atoms with Gasteiger partial charge < -0.3 is 31.1 Å². The SMILES string of the molecule is CCCCNc1nc(N)nc2c3ccccc3n(Cc3cccc(CNCC(CC)(CC)CO)c3)c12.CCO. The lowest BCUT2D eigenvalue weighted by molar-refractivity contribution is 0.113. The van der Waals surface area contributed by atoms with Gasteiger partial charge in [-0.05, 0) is 43.4 Å². The summed E-state index contributed by atoms with van der Waals surface area (Å²) < 4.78 is 2.30. The largest absolute Gasteiger partial charge is 0.397 e. The Bertz CT molecular complexity index is 1310. The van der Waals surface area contributed by atoms with Gasteiger partial charge in [0.05, 0.1) is 5.52 Å². The molecule has 0 aliphatic heterocycles. The van der Waals surface area contributed by atoms with E-state index in [0.29, 0.717) is 6.54 Å². The molecule has 39 heavy (non-hydrogen) atoms. The average Bonchev–Trinajstić information content (AvgIpc) is 3.25. The fourth-order valence-corrected chi connectivity index (χ4v) is 4.89. The zero-order valence-corrected chi connectivity index (χ0v) is 24.0. The van der Waals surface area contributed by atoms with Crippen LogP contribution in [0.15, 0.2) is 48.5 Å². The number of aliphatic hydroxyl groups excluding tert-OH is 2. The Kier molecular flexibility index (Phi) is 11.5. The first-order chi connectivity index (χ1) is 18.9. The molecule has 0 spiro atoms. The number of anilines is 2. The molecule has 0 radical (unpaired) electrons. The summed E-state index contributed by atoms with van der Waals surface area (Å²) in [6.07, 6.45) is 4.09. The van der Waals surface area contributed by atoms with E-state index in [-0.39, 0.29) is 24.6 Å². The molecule has 8 heteroatoms. The normalized spacial score (nSPS) is 11.5. The third-order valence-corrected chi connectivity index (χ3v) is 7.44. The zero-order chi connectivity index (χ0) is 28.3. The van der Waals surface area contributed by atoms with Gasteiger partial charge in [0.1, 0.15) is 11.0 Å². The number of rotatable bonds is 13. The van der Waals surface area contributed by atoms with Crippen molar-refractivity contribution in [2.45, 2.75) is 66.5 Å². The summed E-state index contributed by atoms with van der Waals surface area (Å²) >= 11 is 0. The predicted octanol–water partition coefficient (Wildman–Crippen LogP) is 5.31. The van der Waals surface area contributed by atoms with Crippen molar-refractivity contribution < 1.29 is 10.2 Å². The van der Waals surface area contributed by atoms with Crippen LogP contribution in [-0.2, 0) is 13.1 Å². The van der Waals surface area contributed by atoms with Crippen LogP contribution in [0.4, 0.5) is 11.8 Å². The maximum absolute atomic E-state index is 9.88. The van der Waals surface area contributed by atoms with Crippen LogP contribution in [0.5, 0.6) is 0 Å². The van der Waals surface area contributed by atoms with Gasteiger partial charge in [-0.15, -0.1) is 0 Å². The number of nitrogens with two attached hydrogens (primary N) is 1. The summed E-state index contributed by atoms with van der Waals surface area (Å²) in [5.41, 5.74) is 11.5. The lowest BCUT2D eigenvalue weighted by Crippen LogP contribution is -2.36. The molecule has 0 bridgehead atoms. The smallest absolute Gasteiger partial charge is 0.222 e. The number of nitrogen functional groups attached to an aromatic ring is 1. The molecule has 4 aromatic rings. The van der Waals surface area contributed by atoms with Crippen molar-refractivity contribution >= 4 is 33.7 Å². The first kappa shape index (κ1) is 30.3. The quantitative estimate of drug-likeness (QED) is 0.147. The minimum atomic E-state index is -0.0520. The second-order valence-corrected chi connectivity index (χ2v) is 10.1. The molecule has 0 amide bonds. The van der Waals surface area contributed by atoms with E-state index in [1.54, 1.807) is 6.92 Å². The first-order valence-corrected chi connectivity index (χ1v) is 14.2. The molecule has 0 saturated heterocycles. The fourth-order valence-electron chi connectivity index (χ4n) is 4.89. The van der Waals surface area contributed by atoms with Crippen molar-refractivity contribution in [2.24, 2.45) is 5.41 Å². The third kappa shape index (κ3) is 7.47. The minimum absolute atomic E-state index is 0.0520. The molecule has 6 N–H and O–H groups in total. The number of hydrogen-bond donors (Lipinski definition) is 5.